The normalized spacial score (nSPS) is 10.2. The summed E-state index contributed by atoms with van der Waals surface area (Å²) in [6.45, 7) is 1.98. The largest absolute Gasteiger partial charge is 0.466 e. The summed E-state index contributed by atoms with van der Waals surface area (Å²) in [6, 6.07) is 2.28. The van der Waals surface area contributed by atoms with E-state index in [1.54, 1.807) is 12.3 Å². The minimum atomic E-state index is -0.738. The molecule has 1 N–H and O–H groups in total. The molecule has 2 rings (SSSR count). The average Bonchev–Trinajstić information content (AvgIpc) is 3.08. The van der Waals surface area contributed by atoms with Gasteiger partial charge in [-0.1, -0.05) is 0 Å². The smallest absolute Gasteiger partial charge is 0.433 e. The van der Waals surface area contributed by atoms with E-state index in [9.17, 15) is 19.7 Å². The Morgan fingerprint density at radius 1 is 1.50 bits per heavy atom. The van der Waals surface area contributed by atoms with Gasteiger partial charge in [-0.3, -0.25) is 25.0 Å². The number of carbonyl (C=O) groups excluding carboxylic acids is 2. The predicted octanol–water partition coefficient (Wildman–Crippen LogP) is 2.00. The highest BCUT2D eigenvalue weighted by Crippen LogP contribution is 2.20. The number of furan rings is 1. The highest BCUT2D eigenvalue weighted by molar-refractivity contribution is 7.14. The number of esters is 1. The summed E-state index contributed by atoms with van der Waals surface area (Å²) in [7, 11) is 0. The Morgan fingerprint density at radius 2 is 2.27 bits per heavy atom. The third kappa shape index (κ3) is 3.88. The molecule has 9 nitrogen and oxygen atoms in total. The van der Waals surface area contributed by atoms with Crippen molar-refractivity contribution in [1.82, 2.24) is 4.98 Å². The predicted molar refractivity (Wildman–Crippen MR) is 75.8 cm³/mol. The van der Waals surface area contributed by atoms with Crippen LogP contribution in [0.4, 0.5) is 11.0 Å². The molecular formula is C12H11N3O6S. The van der Waals surface area contributed by atoms with Crippen LogP contribution in [0, 0.1) is 10.1 Å². The van der Waals surface area contributed by atoms with Crippen LogP contribution in [0.5, 0.6) is 0 Å². The quantitative estimate of drug-likeness (QED) is 0.489. The topological polar surface area (TPSA) is 125 Å². The minimum absolute atomic E-state index is 0.00638. The molecule has 22 heavy (non-hydrogen) atoms. The first-order chi connectivity index (χ1) is 10.5. The molecule has 0 aliphatic carbocycles. The molecule has 0 radical (unpaired) electrons. The molecular weight excluding hydrogens is 314 g/mol. The molecule has 0 aliphatic heterocycles. The SMILES string of the molecule is CCOC(=O)Cc1csc(NC(=O)c2ccc([N+](=O)[O-])o2)n1. The van der Waals surface area contributed by atoms with Crippen LogP contribution >= 0.6 is 11.3 Å². The summed E-state index contributed by atoms with van der Waals surface area (Å²) in [5.41, 5.74) is 0.462. The molecule has 0 atom stereocenters. The van der Waals surface area contributed by atoms with Crippen LogP contribution in [0.1, 0.15) is 23.2 Å². The van der Waals surface area contributed by atoms with E-state index in [-0.39, 0.29) is 23.9 Å². The summed E-state index contributed by atoms with van der Waals surface area (Å²) < 4.78 is 9.56. The number of amides is 1. The Balaban J connectivity index is 1.98. The van der Waals surface area contributed by atoms with Crippen molar-refractivity contribution in [2.75, 3.05) is 11.9 Å². The molecule has 2 aromatic rings. The van der Waals surface area contributed by atoms with E-state index in [0.717, 1.165) is 17.4 Å². The average molecular weight is 325 g/mol. The molecule has 0 saturated heterocycles. The van der Waals surface area contributed by atoms with Gasteiger partial charge in [-0.2, -0.15) is 0 Å². The molecule has 0 aromatic carbocycles. The number of ether oxygens (including phenoxy) is 1. The molecule has 0 saturated carbocycles. The van der Waals surface area contributed by atoms with Gasteiger partial charge in [0, 0.05) is 5.38 Å². The van der Waals surface area contributed by atoms with Crippen LogP contribution in [0.2, 0.25) is 0 Å². The van der Waals surface area contributed by atoms with Gasteiger partial charge in [-0.05, 0) is 13.0 Å². The second kappa shape index (κ2) is 6.80. The summed E-state index contributed by atoms with van der Waals surface area (Å²) >= 11 is 1.12. The number of aromatic nitrogens is 1. The number of hydrogen-bond donors (Lipinski definition) is 1. The number of thiazole rings is 1. The maximum absolute atomic E-state index is 11.8. The number of nitro groups is 1. The van der Waals surface area contributed by atoms with E-state index in [2.05, 4.69) is 10.3 Å². The Morgan fingerprint density at radius 3 is 2.91 bits per heavy atom. The van der Waals surface area contributed by atoms with Gasteiger partial charge in [-0.25, -0.2) is 4.98 Å². The monoisotopic (exact) mass is 325 g/mol. The number of carbonyl (C=O) groups is 2. The maximum Gasteiger partial charge on any atom is 0.433 e. The highest BCUT2D eigenvalue weighted by Gasteiger charge is 2.18. The van der Waals surface area contributed by atoms with Crippen LogP contribution in [-0.4, -0.2) is 28.4 Å². The Labute approximate surface area is 128 Å². The molecule has 1 amide bonds. The van der Waals surface area contributed by atoms with Crippen molar-refractivity contribution in [1.29, 1.82) is 0 Å². The lowest BCUT2D eigenvalue weighted by Crippen LogP contribution is -2.11. The van der Waals surface area contributed by atoms with E-state index in [4.69, 9.17) is 9.15 Å². The number of nitrogens with one attached hydrogen (secondary N) is 1. The third-order valence-corrected chi connectivity index (χ3v) is 3.21. The fourth-order valence-corrected chi connectivity index (χ4v) is 2.22. The van der Waals surface area contributed by atoms with Gasteiger partial charge < -0.3 is 9.15 Å². The highest BCUT2D eigenvalue weighted by atomic mass is 32.1. The van der Waals surface area contributed by atoms with E-state index in [1.165, 1.54) is 6.07 Å². The molecule has 116 valence electrons. The molecule has 0 bridgehead atoms. The van der Waals surface area contributed by atoms with Gasteiger partial charge in [0.15, 0.2) is 10.9 Å². The van der Waals surface area contributed by atoms with Gasteiger partial charge in [0.2, 0.25) is 0 Å². The first-order valence-electron chi connectivity index (χ1n) is 6.15. The lowest BCUT2D eigenvalue weighted by molar-refractivity contribution is -0.402. The van der Waals surface area contributed by atoms with E-state index >= 15 is 0 Å². The zero-order valence-electron chi connectivity index (χ0n) is 11.4. The Bertz CT molecular complexity index is 707. The summed E-state index contributed by atoms with van der Waals surface area (Å²) in [4.78, 5) is 36.9. The molecule has 0 aliphatic rings. The van der Waals surface area contributed by atoms with Gasteiger partial charge in [0.05, 0.1) is 24.8 Å². The van der Waals surface area contributed by atoms with Crippen molar-refractivity contribution in [2.24, 2.45) is 0 Å². The van der Waals surface area contributed by atoms with Gasteiger partial charge in [0.1, 0.15) is 4.92 Å². The van der Waals surface area contributed by atoms with Crippen LogP contribution in [0.15, 0.2) is 21.9 Å². The van der Waals surface area contributed by atoms with Gasteiger partial charge in [0.25, 0.3) is 5.91 Å². The second-order valence-electron chi connectivity index (χ2n) is 3.97. The molecule has 0 fully saturated rings. The summed E-state index contributed by atoms with van der Waals surface area (Å²) in [5.74, 6) is -1.79. The van der Waals surface area contributed by atoms with Crippen LogP contribution < -0.4 is 5.32 Å². The number of hydrogen-bond acceptors (Lipinski definition) is 8. The minimum Gasteiger partial charge on any atom is -0.466 e. The number of nitrogens with zero attached hydrogens (tertiary/aromatic N) is 2. The van der Waals surface area contributed by atoms with Crippen molar-refractivity contribution < 1.29 is 23.7 Å². The van der Waals surface area contributed by atoms with Crippen molar-refractivity contribution in [3.8, 4) is 0 Å². The summed E-state index contributed by atoms with van der Waals surface area (Å²) in [6.07, 6.45) is 0.00638. The fourth-order valence-electron chi connectivity index (χ4n) is 1.51. The molecule has 10 heteroatoms. The second-order valence-corrected chi connectivity index (χ2v) is 4.83. The zero-order chi connectivity index (χ0) is 16.1. The van der Waals surface area contributed by atoms with Crippen molar-refractivity contribution in [3.05, 3.63) is 39.1 Å². The maximum atomic E-state index is 11.8. The molecule has 2 heterocycles. The first-order valence-corrected chi connectivity index (χ1v) is 7.03. The van der Waals surface area contributed by atoms with E-state index in [0.29, 0.717) is 5.69 Å². The summed E-state index contributed by atoms with van der Waals surface area (Å²) in [5, 5.41) is 14.8. The Hall–Kier alpha value is -2.75. The van der Waals surface area contributed by atoms with Crippen LogP contribution in [0.25, 0.3) is 0 Å². The molecule has 0 unspecified atom stereocenters. The van der Waals surface area contributed by atoms with Crippen molar-refractivity contribution in [3.63, 3.8) is 0 Å². The Kier molecular flexibility index (Phi) is 4.84. The van der Waals surface area contributed by atoms with Gasteiger partial charge >= 0.3 is 11.9 Å². The van der Waals surface area contributed by atoms with E-state index < -0.39 is 22.7 Å². The van der Waals surface area contributed by atoms with Crippen LogP contribution in [-0.2, 0) is 16.0 Å². The van der Waals surface area contributed by atoms with Crippen LogP contribution in [0.3, 0.4) is 0 Å². The van der Waals surface area contributed by atoms with Crippen molar-refractivity contribution >= 4 is 34.2 Å². The standard InChI is InChI=1S/C12H11N3O6S/c1-2-20-10(16)5-7-6-22-12(13-7)14-11(17)8-3-4-9(21-8)15(18)19/h3-4,6H,2,5H2,1H3,(H,13,14,17). The molecule has 2 aromatic heterocycles. The van der Waals surface area contributed by atoms with E-state index in [1.807, 2.05) is 0 Å². The fraction of sp³-hybridized carbons (Fsp3) is 0.250. The lowest BCUT2D eigenvalue weighted by atomic mass is 10.3. The number of rotatable bonds is 6. The number of anilines is 1. The van der Waals surface area contributed by atoms with Gasteiger partial charge in [-0.15, -0.1) is 11.3 Å². The lowest BCUT2D eigenvalue weighted by Gasteiger charge is -1.99. The van der Waals surface area contributed by atoms with Crippen molar-refractivity contribution in [2.45, 2.75) is 13.3 Å². The molecule has 0 spiro atoms. The third-order valence-electron chi connectivity index (χ3n) is 2.40. The zero-order valence-corrected chi connectivity index (χ0v) is 12.2. The first kappa shape index (κ1) is 15.6.